The Kier molecular flexibility index (Phi) is 10.9. The summed E-state index contributed by atoms with van der Waals surface area (Å²) < 4.78 is 5.27. The average Bonchev–Trinajstić information content (AvgIpc) is 3.65. The molecule has 0 unspecified atom stereocenters. The second-order valence-electron chi connectivity index (χ2n) is 12.1. The molecule has 3 rings (SSSR count). The van der Waals surface area contributed by atoms with E-state index < -0.39 is 18.0 Å². The van der Waals surface area contributed by atoms with Gasteiger partial charge in [-0.1, -0.05) is 77.1 Å². The molecular weight excluding hydrogens is 488 g/mol. The number of ketones is 2. The number of nitrogens with one attached hydrogen (secondary N) is 2. The van der Waals surface area contributed by atoms with Gasteiger partial charge in [0.15, 0.2) is 11.6 Å². The third kappa shape index (κ3) is 9.31. The lowest BCUT2D eigenvalue weighted by Crippen LogP contribution is -2.48. The van der Waals surface area contributed by atoms with Gasteiger partial charge in [0, 0.05) is 23.8 Å². The van der Waals surface area contributed by atoms with Crippen molar-refractivity contribution >= 4 is 17.5 Å². The first kappa shape index (κ1) is 30.6. The molecule has 1 saturated carbocycles. The van der Waals surface area contributed by atoms with Crippen LogP contribution in [-0.2, 0) is 27.2 Å². The van der Waals surface area contributed by atoms with Crippen LogP contribution in [0.15, 0.2) is 54.6 Å². The molecule has 0 heterocycles. The molecule has 3 atom stereocenters. The molecule has 2 N–H and O–H groups in total. The van der Waals surface area contributed by atoms with Gasteiger partial charge in [-0.05, 0) is 61.3 Å². The van der Waals surface area contributed by atoms with E-state index in [-0.39, 0.29) is 41.3 Å². The fourth-order valence-electron chi connectivity index (χ4n) is 5.05. The van der Waals surface area contributed by atoms with Gasteiger partial charge in [0.25, 0.3) is 0 Å². The Labute approximate surface area is 234 Å². The Hall–Kier alpha value is -2.99. The topological polar surface area (TPSA) is 84.5 Å². The SMILES string of the molecule is COc1ccc(C[C@H](NC(C)C)C(=O)C[C@@H](Cc2ccccc2)C(=O)N[C@@H](CC(C)C)C(=O)C2(C)CC2)cc1. The summed E-state index contributed by atoms with van der Waals surface area (Å²) >= 11 is 0. The lowest BCUT2D eigenvalue weighted by molar-refractivity contribution is -0.134. The minimum Gasteiger partial charge on any atom is -0.497 e. The van der Waals surface area contributed by atoms with E-state index in [9.17, 15) is 14.4 Å². The maximum Gasteiger partial charge on any atom is 0.224 e. The maximum atomic E-state index is 13.8. The summed E-state index contributed by atoms with van der Waals surface area (Å²) in [5.74, 6) is 0.359. The van der Waals surface area contributed by atoms with Crippen molar-refractivity contribution in [3.05, 3.63) is 65.7 Å². The number of hydrogen-bond donors (Lipinski definition) is 2. The molecular formula is C33H46N2O4. The number of carbonyl (C=O) groups excluding carboxylic acids is 3. The molecule has 212 valence electrons. The van der Waals surface area contributed by atoms with Crippen LogP contribution in [0.2, 0.25) is 0 Å². The van der Waals surface area contributed by atoms with Gasteiger partial charge >= 0.3 is 0 Å². The first-order chi connectivity index (χ1) is 18.5. The van der Waals surface area contributed by atoms with E-state index in [0.29, 0.717) is 19.3 Å². The van der Waals surface area contributed by atoms with Crippen molar-refractivity contribution < 1.29 is 19.1 Å². The van der Waals surface area contributed by atoms with Crippen LogP contribution in [0.1, 0.15) is 71.4 Å². The highest BCUT2D eigenvalue weighted by Crippen LogP contribution is 2.47. The van der Waals surface area contributed by atoms with E-state index in [2.05, 4.69) is 24.5 Å². The van der Waals surface area contributed by atoms with Crippen LogP contribution < -0.4 is 15.4 Å². The minimum absolute atomic E-state index is 0.00325. The summed E-state index contributed by atoms with van der Waals surface area (Å²) in [6.45, 7) is 10.1. The van der Waals surface area contributed by atoms with Gasteiger partial charge in [0.05, 0.1) is 19.2 Å². The Morgan fingerprint density at radius 2 is 1.49 bits per heavy atom. The van der Waals surface area contributed by atoms with Crippen molar-refractivity contribution in [3.8, 4) is 5.75 Å². The van der Waals surface area contributed by atoms with Gasteiger partial charge < -0.3 is 15.4 Å². The van der Waals surface area contributed by atoms with Crippen molar-refractivity contribution in [1.29, 1.82) is 0 Å². The highest BCUT2D eigenvalue weighted by Gasteiger charge is 2.48. The Balaban J connectivity index is 1.80. The number of benzene rings is 2. The second-order valence-corrected chi connectivity index (χ2v) is 12.1. The minimum atomic E-state index is -0.568. The van der Waals surface area contributed by atoms with Gasteiger partial charge in [0.1, 0.15) is 5.75 Å². The van der Waals surface area contributed by atoms with Crippen molar-refractivity contribution in [1.82, 2.24) is 10.6 Å². The Morgan fingerprint density at radius 3 is 2.03 bits per heavy atom. The summed E-state index contributed by atoms with van der Waals surface area (Å²) in [5.41, 5.74) is 1.68. The van der Waals surface area contributed by atoms with Crippen molar-refractivity contribution in [2.24, 2.45) is 17.3 Å². The molecule has 0 bridgehead atoms. The summed E-state index contributed by atoms with van der Waals surface area (Å²) in [6, 6.07) is 16.7. The zero-order valence-electron chi connectivity index (χ0n) is 24.5. The number of carbonyl (C=O) groups is 3. The van der Waals surface area contributed by atoms with Crippen molar-refractivity contribution in [2.75, 3.05) is 7.11 Å². The van der Waals surface area contributed by atoms with Crippen LogP contribution in [0.4, 0.5) is 0 Å². The number of amides is 1. The molecule has 1 fully saturated rings. The number of Topliss-reactive ketones (excluding diaryl/α,β-unsaturated/α-hetero) is 2. The van der Waals surface area contributed by atoms with Crippen LogP contribution in [0.5, 0.6) is 5.75 Å². The third-order valence-corrected chi connectivity index (χ3v) is 7.60. The molecule has 2 aromatic rings. The van der Waals surface area contributed by atoms with Crippen molar-refractivity contribution in [2.45, 2.75) is 91.3 Å². The fourth-order valence-corrected chi connectivity index (χ4v) is 5.05. The van der Waals surface area contributed by atoms with Crippen molar-refractivity contribution in [3.63, 3.8) is 0 Å². The van der Waals surface area contributed by atoms with Crippen LogP contribution in [-0.4, -0.2) is 42.7 Å². The molecule has 2 aromatic carbocycles. The predicted molar refractivity (Wildman–Crippen MR) is 156 cm³/mol. The van der Waals surface area contributed by atoms with E-state index in [4.69, 9.17) is 4.74 Å². The molecule has 6 heteroatoms. The summed E-state index contributed by atoms with van der Waals surface area (Å²) in [4.78, 5) is 40.8. The van der Waals surface area contributed by atoms with Crippen LogP contribution in [0.25, 0.3) is 0 Å². The highest BCUT2D eigenvalue weighted by atomic mass is 16.5. The second kappa shape index (κ2) is 13.9. The van der Waals surface area contributed by atoms with Gasteiger partial charge in [-0.3, -0.25) is 14.4 Å². The zero-order valence-corrected chi connectivity index (χ0v) is 24.5. The Bertz CT molecular complexity index is 1090. The van der Waals surface area contributed by atoms with Crippen LogP contribution >= 0.6 is 0 Å². The molecule has 1 aliphatic rings. The molecule has 1 amide bonds. The van der Waals surface area contributed by atoms with E-state index in [1.54, 1.807) is 7.11 Å². The monoisotopic (exact) mass is 534 g/mol. The quantitative estimate of drug-likeness (QED) is 0.304. The lowest BCUT2D eigenvalue weighted by atomic mass is 9.87. The van der Waals surface area contributed by atoms with E-state index >= 15 is 0 Å². The molecule has 0 saturated heterocycles. The van der Waals surface area contributed by atoms with Crippen LogP contribution in [0.3, 0.4) is 0 Å². The molecule has 0 aromatic heterocycles. The largest absolute Gasteiger partial charge is 0.497 e. The lowest BCUT2D eigenvalue weighted by Gasteiger charge is -2.27. The van der Waals surface area contributed by atoms with E-state index in [0.717, 1.165) is 29.7 Å². The first-order valence-corrected chi connectivity index (χ1v) is 14.3. The fraction of sp³-hybridized carbons (Fsp3) is 0.545. The number of hydrogen-bond acceptors (Lipinski definition) is 5. The zero-order chi connectivity index (χ0) is 28.6. The van der Waals surface area contributed by atoms with Gasteiger partial charge in [-0.25, -0.2) is 0 Å². The smallest absolute Gasteiger partial charge is 0.224 e. The number of methoxy groups -OCH3 is 1. The van der Waals surface area contributed by atoms with E-state index in [1.165, 1.54) is 0 Å². The highest BCUT2D eigenvalue weighted by molar-refractivity contribution is 5.96. The third-order valence-electron chi connectivity index (χ3n) is 7.60. The molecule has 0 spiro atoms. The molecule has 0 radical (unpaired) electrons. The molecule has 6 nitrogen and oxygen atoms in total. The van der Waals surface area contributed by atoms with Crippen LogP contribution in [0, 0.1) is 17.3 Å². The average molecular weight is 535 g/mol. The number of ether oxygens (including phenoxy) is 1. The van der Waals surface area contributed by atoms with Gasteiger partial charge in [-0.15, -0.1) is 0 Å². The molecule has 0 aliphatic heterocycles. The van der Waals surface area contributed by atoms with E-state index in [1.807, 2.05) is 75.4 Å². The first-order valence-electron chi connectivity index (χ1n) is 14.3. The summed E-state index contributed by atoms with van der Waals surface area (Å²) in [5, 5.41) is 6.50. The summed E-state index contributed by atoms with van der Waals surface area (Å²) in [7, 11) is 1.63. The maximum absolute atomic E-state index is 13.8. The molecule has 1 aliphatic carbocycles. The number of rotatable bonds is 16. The normalized spacial score (nSPS) is 16.4. The Morgan fingerprint density at radius 1 is 0.872 bits per heavy atom. The standard InChI is InChI=1S/C33H46N2O4/c1-22(2)18-29(31(37)33(5)16-17-33)35-32(38)26(19-24-10-8-7-9-11-24)21-30(36)28(34-23(3)4)20-25-12-14-27(39-6)15-13-25/h7-15,22-23,26,28-29,34H,16-21H2,1-6H3,(H,35,38)/t26-,28+,29+/m1/s1. The van der Waals surface area contributed by atoms with Gasteiger partial charge in [0.2, 0.25) is 5.91 Å². The predicted octanol–water partition coefficient (Wildman–Crippen LogP) is 5.32. The van der Waals surface area contributed by atoms with Gasteiger partial charge in [-0.2, -0.15) is 0 Å². The summed E-state index contributed by atoms with van der Waals surface area (Å²) in [6.07, 6.45) is 3.40. The molecule has 39 heavy (non-hydrogen) atoms.